The normalized spacial score (nSPS) is 10.4. The SMILES string of the molecule is CC(C)Oc1ccc(Br)cc1C(=O)Nc1cccc([N+](=O)[O-])c1. The van der Waals surface area contributed by atoms with Crippen LogP contribution >= 0.6 is 15.9 Å². The Morgan fingerprint density at radius 3 is 2.65 bits per heavy atom. The topological polar surface area (TPSA) is 81.5 Å². The van der Waals surface area contributed by atoms with Crippen molar-refractivity contribution in [1.82, 2.24) is 0 Å². The van der Waals surface area contributed by atoms with E-state index in [4.69, 9.17) is 4.74 Å². The first-order valence-corrected chi connectivity index (χ1v) is 7.68. The number of nitrogens with one attached hydrogen (secondary N) is 1. The van der Waals surface area contributed by atoms with Gasteiger partial charge in [-0.25, -0.2) is 0 Å². The van der Waals surface area contributed by atoms with Crippen molar-refractivity contribution in [3.05, 3.63) is 62.6 Å². The van der Waals surface area contributed by atoms with Gasteiger partial charge in [0.2, 0.25) is 0 Å². The van der Waals surface area contributed by atoms with Gasteiger partial charge in [-0.05, 0) is 38.1 Å². The third-order valence-electron chi connectivity index (χ3n) is 2.86. The lowest BCUT2D eigenvalue weighted by Gasteiger charge is -2.14. The van der Waals surface area contributed by atoms with Crippen LogP contribution < -0.4 is 10.1 Å². The van der Waals surface area contributed by atoms with Gasteiger partial charge in [0, 0.05) is 22.3 Å². The number of benzene rings is 2. The number of carbonyl (C=O) groups excluding carboxylic acids is 1. The Hall–Kier alpha value is -2.41. The Bertz CT molecular complexity index is 747. The van der Waals surface area contributed by atoms with E-state index in [-0.39, 0.29) is 11.8 Å². The van der Waals surface area contributed by atoms with Gasteiger partial charge in [0.25, 0.3) is 11.6 Å². The molecule has 0 unspecified atom stereocenters. The van der Waals surface area contributed by atoms with E-state index < -0.39 is 10.8 Å². The molecule has 0 atom stereocenters. The first kappa shape index (κ1) is 17.0. The Morgan fingerprint density at radius 1 is 1.26 bits per heavy atom. The van der Waals surface area contributed by atoms with E-state index in [1.165, 1.54) is 18.2 Å². The summed E-state index contributed by atoms with van der Waals surface area (Å²) in [5.41, 5.74) is 0.606. The van der Waals surface area contributed by atoms with Crippen LogP contribution in [0.2, 0.25) is 0 Å². The summed E-state index contributed by atoms with van der Waals surface area (Å²) in [7, 11) is 0. The number of rotatable bonds is 5. The summed E-state index contributed by atoms with van der Waals surface area (Å²) in [6.45, 7) is 3.73. The highest BCUT2D eigenvalue weighted by Crippen LogP contribution is 2.26. The maximum absolute atomic E-state index is 12.5. The van der Waals surface area contributed by atoms with Crippen molar-refractivity contribution in [3.63, 3.8) is 0 Å². The minimum absolute atomic E-state index is 0.0828. The Labute approximate surface area is 141 Å². The van der Waals surface area contributed by atoms with Crippen LogP contribution in [0.5, 0.6) is 5.75 Å². The molecule has 0 heterocycles. The largest absolute Gasteiger partial charge is 0.490 e. The van der Waals surface area contributed by atoms with Gasteiger partial charge in [-0.15, -0.1) is 0 Å². The lowest BCUT2D eigenvalue weighted by molar-refractivity contribution is -0.384. The number of nitro benzene ring substituents is 1. The predicted molar refractivity (Wildman–Crippen MR) is 91.0 cm³/mol. The molecular weight excluding hydrogens is 364 g/mol. The molecule has 7 heteroatoms. The number of ether oxygens (including phenoxy) is 1. The average Bonchev–Trinajstić information content (AvgIpc) is 2.48. The molecule has 0 saturated carbocycles. The minimum Gasteiger partial charge on any atom is -0.490 e. The molecule has 23 heavy (non-hydrogen) atoms. The minimum atomic E-state index is -0.512. The molecule has 0 bridgehead atoms. The van der Waals surface area contributed by atoms with E-state index in [1.807, 2.05) is 13.8 Å². The molecule has 1 N–H and O–H groups in total. The zero-order valence-electron chi connectivity index (χ0n) is 12.6. The molecule has 0 aromatic heterocycles. The number of carbonyl (C=O) groups is 1. The first-order valence-electron chi connectivity index (χ1n) is 6.89. The van der Waals surface area contributed by atoms with Crippen molar-refractivity contribution in [3.8, 4) is 5.75 Å². The number of hydrogen-bond acceptors (Lipinski definition) is 4. The average molecular weight is 379 g/mol. The molecule has 2 aromatic rings. The van der Waals surface area contributed by atoms with Crippen LogP contribution in [-0.4, -0.2) is 16.9 Å². The maximum atomic E-state index is 12.5. The van der Waals surface area contributed by atoms with Crippen molar-refractivity contribution in [2.75, 3.05) is 5.32 Å². The first-order chi connectivity index (χ1) is 10.9. The smallest absolute Gasteiger partial charge is 0.271 e. The molecule has 2 rings (SSSR count). The van der Waals surface area contributed by atoms with Crippen LogP contribution in [0.4, 0.5) is 11.4 Å². The third kappa shape index (κ3) is 4.53. The number of non-ortho nitro benzene ring substituents is 1. The van der Waals surface area contributed by atoms with Crippen LogP contribution in [0.1, 0.15) is 24.2 Å². The molecule has 0 aliphatic carbocycles. The van der Waals surface area contributed by atoms with E-state index >= 15 is 0 Å². The molecule has 0 saturated heterocycles. The molecule has 0 radical (unpaired) electrons. The second kappa shape index (κ2) is 7.23. The zero-order chi connectivity index (χ0) is 17.0. The molecule has 120 valence electrons. The van der Waals surface area contributed by atoms with Crippen molar-refractivity contribution >= 4 is 33.2 Å². The van der Waals surface area contributed by atoms with Gasteiger partial charge in [-0.2, -0.15) is 0 Å². The summed E-state index contributed by atoms with van der Waals surface area (Å²) >= 11 is 3.32. The number of hydrogen-bond donors (Lipinski definition) is 1. The standard InChI is InChI=1S/C16H15BrN2O4/c1-10(2)23-15-7-6-11(17)8-14(15)16(20)18-12-4-3-5-13(9-12)19(21)22/h3-10H,1-2H3,(H,18,20). The fourth-order valence-corrected chi connectivity index (χ4v) is 2.29. The van der Waals surface area contributed by atoms with E-state index in [2.05, 4.69) is 21.2 Å². The van der Waals surface area contributed by atoms with Crippen LogP contribution in [-0.2, 0) is 0 Å². The van der Waals surface area contributed by atoms with E-state index in [0.717, 1.165) is 4.47 Å². The van der Waals surface area contributed by atoms with Gasteiger partial charge >= 0.3 is 0 Å². The molecular formula is C16H15BrN2O4. The monoisotopic (exact) mass is 378 g/mol. The van der Waals surface area contributed by atoms with Gasteiger partial charge in [0.05, 0.1) is 16.6 Å². The molecule has 0 spiro atoms. The van der Waals surface area contributed by atoms with Gasteiger partial charge in [-0.3, -0.25) is 14.9 Å². The maximum Gasteiger partial charge on any atom is 0.271 e. The van der Waals surface area contributed by atoms with Crippen LogP contribution in [0.25, 0.3) is 0 Å². The number of halogens is 1. The number of anilines is 1. The summed E-state index contributed by atoms with van der Waals surface area (Å²) < 4.78 is 6.37. The molecule has 0 fully saturated rings. The number of nitrogens with zero attached hydrogens (tertiary/aromatic N) is 1. The molecule has 2 aromatic carbocycles. The number of nitro groups is 1. The quantitative estimate of drug-likeness (QED) is 0.617. The van der Waals surface area contributed by atoms with Crippen LogP contribution in [0.15, 0.2) is 46.9 Å². The summed E-state index contributed by atoms with van der Waals surface area (Å²) in [6.07, 6.45) is -0.0828. The highest BCUT2D eigenvalue weighted by Gasteiger charge is 2.16. The summed E-state index contributed by atoms with van der Waals surface area (Å²) in [4.78, 5) is 22.8. The molecule has 0 aliphatic heterocycles. The van der Waals surface area contributed by atoms with E-state index in [1.54, 1.807) is 24.3 Å². The Morgan fingerprint density at radius 2 is 2.00 bits per heavy atom. The summed E-state index contributed by atoms with van der Waals surface area (Å²) in [5, 5.41) is 13.4. The van der Waals surface area contributed by atoms with Crippen LogP contribution in [0, 0.1) is 10.1 Å². The van der Waals surface area contributed by atoms with Gasteiger partial charge in [0.1, 0.15) is 5.75 Å². The van der Waals surface area contributed by atoms with Gasteiger partial charge < -0.3 is 10.1 Å². The third-order valence-corrected chi connectivity index (χ3v) is 3.36. The predicted octanol–water partition coefficient (Wildman–Crippen LogP) is 4.40. The second-order valence-corrected chi connectivity index (χ2v) is 5.98. The Balaban J connectivity index is 2.28. The van der Waals surface area contributed by atoms with E-state index in [0.29, 0.717) is 17.0 Å². The highest BCUT2D eigenvalue weighted by molar-refractivity contribution is 9.10. The summed E-state index contributed by atoms with van der Waals surface area (Å²) in [6, 6.07) is 10.9. The molecule has 1 amide bonds. The van der Waals surface area contributed by atoms with Crippen molar-refractivity contribution in [2.45, 2.75) is 20.0 Å². The van der Waals surface area contributed by atoms with Crippen LogP contribution in [0.3, 0.4) is 0 Å². The molecule has 6 nitrogen and oxygen atoms in total. The second-order valence-electron chi connectivity index (χ2n) is 5.07. The number of amides is 1. The lowest BCUT2D eigenvalue weighted by atomic mass is 10.1. The fraction of sp³-hybridized carbons (Fsp3) is 0.188. The van der Waals surface area contributed by atoms with Crippen molar-refractivity contribution < 1.29 is 14.5 Å². The lowest BCUT2D eigenvalue weighted by Crippen LogP contribution is -2.16. The van der Waals surface area contributed by atoms with Crippen molar-refractivity contribution in [2.24, 2.45) is 0 Å². The highest BCUT2D eigenvalue weighted by atomic mass is 79.9. The van der Waals surface area contributed by atoms with Crippen molar-refractivity contribution in [1.29, 1.82) is 0 Å². The zero-order valence-corrected chi connectivity index (χ0v) is 14.2. The summed E-state index contributed by atoms with van der Waals surface area (Å²) in [5.74, 6) is 0.0496. The van der Waals surface area contributed by atoms with E-state index in [9.17, 15) is 14.9 Å². The van der Waals surface area contributed by atoms with Gasteiger partial charge in [0.15, 0.2) is 0 Å². The Kier molecular flexibility index (Phi) is 5.33. The fourth-order valence-electron chi connectivity index (χ4n) is 1.93. The van der Waals surface area contributed by atoms with Gasteiger partial charge in [-0.1, -0.05) is 22.0 Å². The molecule has 0 aliphatic rings.